The molecule has 0 spiro atoms. The van der Waals surface area contributed by atoms with Gasteiger partial charge in [0.2, 0.25) is 11.8 Å². The maximum atomic E-state index is 13.8. The molecular formula is C25H27BrF2N2O4. The van der Waals surface area contributed by atoms with Crippen molar-refractivity contribution in [3.8, 4) is 0 Å². The van der Waals surface area contributed by atoms with E-state index in [1.807, 2.05) is 0 Å². The first kappa shape index (κ1) is 25.8. The average molecular weight is 537 g/mol. The predicted octanol–water partition coefficient (Wildman–Crippen LogP) is 4.40. The maximum Gasteiger partial charge on any atom is 0.341 e. The molecule has 2 aliphatic rings. The normalized spacial score (nSPS) is 14.4. The van der Waals surface area contributed by atoms with E-state index < -0.39 is 11.8 Å². The fourth-order valence-corrected chi connectivity index (χ4v) is 4.42. The molecule has 0 N–H and O–H groups in total. The van der Waals surface area contributed by atoms with Gasteiger partial charge in [-0.3, -0.25) is 9.59 Å². The summed E-state index contributed by atoms with van der Waals surface area (Å²) < 4.78 is 32.3. The SMILES string of the molecule is CC(=O)N1CCc2cc(F)c(Br)cc2C1.CCOC(=O)c1cc2c(cc1F)CCN(C(C)=O)C2. The summed E-state index contributed by atoms with van der Waals surface area (Å²) in [6.07, 6.45) is 1.34. The number of fused-ring (bicyclic) bond motifs is 2. The van der Waals surface area contributed by atoms with Gasteiger partial charge < -0.3 is 14.5 Å². The lowest BCUT2D eigenvalue weighted by Gasteiger charge is -2.28. The molecule has 0 aromatic heterocycles. The van der Waals surface area contributed by atoms with Gasteiger partial charge in [0.1, 0.15) is 11.6 Å². The van der Waals surface area contributed by atoms with Crippen molar-refractivity contribution in [3.63, 3.8) is 0 Å². The first-order chi connectivity index (χ1) is 16.1. The number of carbonyl (C=O) groups excluding carboxylic acids is 3. The standard InChI is InChI=1S/C14H16FNO3.C11H11BrFNO/c1-3-19-14(18)12-6-11-8-16(9(2)17)5-4-10(11)7-13(12)15;1-7(15)14-3-2-8-5-11(13)10(12)4-9(8)6-14/h6-7H,3-5,8H2,1-2H3;4-5H,2-3,6H2,1H3. The van der Waals surface area contributed by atoms with Crippen LogP contribution in [0.5, 0.6) is 0 Å². The quantitative estimate of drug-likeness (QED) is 0.533. The Morgan fingerprint density at radius 3 is 1.85 bits per heavy atom. The van der Waals surface area contributed by atoms with Gasteiger partial charge >= 0.3 is 5.97 Å². The zero-order chi connectivity index (χ0) is 25.0. The van der Waals surface area contributed by atoms with Crippen LogP contribution < -0.4 is 0 Å². The smallest absolute Gasteiger partial charge is 0.341 e. The molecule has 2 aromatic carbocycles. The number of nitrogens with zero attached hydrogens (tertiary/aromatic N) is 2. The number of benzene rings is 2. The molecule has 2 heterocycles. The van der Waals surface area contributed by atoms with E-state index in [0.29, 0.717) is 37.1 Å². The van der Waals surface area contributed by atoms with E-state index in [-0.39, 0.29) is 29.8 Å². The van der Waals surface area contributed by atoms with Crippen LogP contribution in [0.25, 0.3) is 0 Å². The van der Waals surface area contributed by atoms with Crippen molar-refractivity contribution in [3.05, 3.63) is 68.2 Å². The van der Waals surface area contributed by atoms with Crippen molar-refractivity contribution < 1.29 is 27.9 Å². The zero-order valence-corrected chi connectivity index (χ0v) is 21.0. The van der Waals surface area contributed by atoms with Crippen LogP contribution in [0.15, 0.2) is 28.7 Å². The highest BCUT2D eigenvalue weighted by Gasteiger charge is 2.23. The van der Waals surface area contributed by atoms with Gasteiger partial charge in [-0.25, -0.2) is 13.6 Å². The summed E-state index contributed by atoms with van der Waals surface area (Å²) in [6, 6.07) is 6.19. The molecule has 4 rings (SSSR count). The predicted molar refractivity (Wildman–Crippen MR) is 126 cm³/mol. The molecule has 182 valence electrons. The second kappa shape index (κ2) is 11.1. The summed E-state index contributed by atoms with van der Waals surface area (Å²) in [5.41, 5.74) is 3.64. The Hall–Kier alpha value is -2.81. The van der Waals surface area contributed by atoms with E-state index in [1.165, 1.54) is 19.1 Å². The van der Waals surface area contributed by atoms with E-state index >= 15 is 0 Å². The number of amides is 2. The highest BCUT2D eigenvalue weighted by atomic mass is 79.9. The highest BCUT2D eigenvalue weighted by molar-refractivity contribution is 9.10. The van der Waals surface area contributed by atoms with Crippen LogP contribution in [0.4, 0.5) is 8.78 Å². The Labute approximate surface area is 206 Å². The lowest BCUT2D eigenvalue weighted by atomic mass is 9.97. The minimum absolute atomic E-state index is 0.0207. The fraction of sp³-hybridized carbons (Fsp3) is 0.400. The molecule has 6 nitrogen and oxygen atoms in total. The van der Waals surface area contributed by atoms with Crippen molar-refractivity contribution >= 4 is 33.7 Å². The molecule has 0 fully saturated rings. The average Bonchev–Trinajstić information content (AvgIpc) is 2.79. The summed E-state index contributed by atoms with van der Waals surface area (Å²) in [5.74, 6) is -1.41. The third-order valence-electron chi connectivity index (χ3n) is 5.94. The highest BCUT2D eigenvalue weighted by Crippen LogP contribution is 2.26. The Morgan fingerprint density at radius 1 is 0.853 bits per heavy atom. The van der Waals surface area contributed by atoms with Crippen LogP contribution in [-0.2, 0) is 40.3 Å². The minimum Gasteiger partial charge on any atom is -0.462 e. The van der Waals surface area contributed by atoms with Gasteiger partial charge in [0.05, 0.1) is 16.6 Å². The van der Waals surface area contributed by atoms with Crippen LogP contribution in [0.3, 0.4) is 0 Å². The molecule has 0 atom stereocenters. The monoisotopic (exact) mass is 536 g/mol. The van der Waals surface area contributed by atoms with Gasteiger partial charge in [-0.2, -0.15) is 0 Å². The number of hydrogen-bond donors (Lipinski definition) is 0. The fourth-order valence-electron chi connectivity index (χ4n) is 4.03. The van der Waals surface area contributed by atoms with Crippen LogP contribution in [-0.4, -0.2) is 47.3 Å². The third kappa shape index (κ3) is 6.00. The molecule has 0 aliphatic carbocycles. The van der Waals surface area contributed by atoms with E-state index in [1.54, 1.807) is 35.8 Å². The molecule has 34 heavy (non-hydrogen) atoms. The largest absolute Gasteiger partial charge is 0.462 e. The molecule has 0 bridgehead atoms. The molecular weight excluding hydrogens is 510 g/mol. The van der Waals surface area contributed by atoms with Crippen molar-refractivity contribution in [2.45, 2.75) is 46.7 Å². The van der Waals surface area contributed by atoms with Gasteiger partial charge in [-0.1, -0.05) is 0 Å². The Kier molecular flexibility index (Phi) is 8.41. The van der Waals surface area contributed by atoms with Crippen molar-refractivity contribution in [2.75, 3.05) is 19.7 Å². The molecule has 0 unspecified atom stereocenters. The summed E-state index contributed by atoms with van der Waals surface area (Å²) in [6.45, 7) is 7.20. The van der Waals surface area contributed by atoms with Gasteiger partial charge in [-0.05, 0) is 82.2 Å². The zero-order valence-electron chi connectivity index (χ0n) is 19.4. The molecule has 9 heteroatoms. The molecule has 0 radical (unpaired) electrons. The van der Waals surface area contributed by atoms with E-state index in [4.69, 9.17) is 4.74 Å². The number of hydrogen-bond acceptors (Lipinski definition) is 4. The van der Waals surface area contributed by atoms with Crippen LogP contribution in [0.1, 0.15) is 53.4 Å². The Morgan fingerprint density at radius 2 is 1.35 bits per heavy atom. The van der Waals surface area contributed by atoms with Crippen molar-refractivity contribution in [1.82, 2.24) is 9.80 Å². The number of halogens is 3. The lowest BCUT2D eigenvalue weighted by Crippen LogP contribution is -2.34. The summed E-state index contributed by atoms with van der Waals surface area (Å²) >= 11 is 3.15. The second-order valence-corrected chi connectivity index (χ2v) is 9.09. The van der Waals surface area contributed by atoms with Crippen LogP contribution in [0.2, 0.25) is 0 Å². The Bertz CT molecular complexity index is 1120. The molecule has 0 saturated heterocycles. The summed E-state index contributed by atoms with van der Waals surface area (Å²) in [5, 5.41) is 0. The first-order valence-corrected chi connectivity index (χ1v) is 11.9. The molecule has 2 amide bonds. The number of rotatable bonds is 2. The number of ether oxygens (including phenoxy) is 1. The van der Waals surface area contributed by atoms with Crippen LogP contribution in [0, 0.1) is 11.6 Å². The van der Waals surface area contributed by atoms with E-state index in [9.17, 15) is 23.2 Å². The number of esters is 1. The van der Waals surface area contributed by atoms with Gasteiger partial charge in [-0.15, -0.1) is 0 Å². The molecule has 2 aromatic rings. The molecule has 0 saturated carbocycles. The third-order valence-corrected chi connectivity index (χ3v) is 6.55. The van der Waals surface area contributed by atoms with Gasteiger partial charge in [0.25, 0.3) is 0 Å². The maximum absolute atomic E-state index is 13.8. The number of carbonyl (C=O) groups is 3. The first-order valence-electron chi connectivity index (χ1n) is 11.1. The van der Waals surface area contributed by atoms with Gasteiger partial charge in [0.15, 0.2) is 0 Å². The summed E-state index contributed by atoms with van der Waals surface area (Å²) in [4.78, 5) is 37.6. The second-order valence-electron chi connectivity index (χ2n) is 8.24. The minimum atomic E-state index is -0.664. The van der Waals surface area contributed by atoms with Gasteiger partial charge in [0, 0.05) is 40.0 Å². The molecule has 2 aliphatic heterocycles. The van der Waals surface area contributed by atoms with Crippen molar-refractivity contribution in [2.24, 2.45) is 0 Å². The van der Waals surface area contributed by atoms with E-state index in [0.717, 1.165) is 28.7 Å². The summed E-state index contributed by atoms with van der Waals surface area (Å²) in [7, 11) is 0. The lowest BCUT2D eigenvalue weighted by molar-refractivity contribution is -0.130. The Balaban J connectivity index is 0.000000196. The van der Waals surface area contributed by atoms with Crippen molar-refractivity contribution in [1.29, 1.82) is 0 Å². The van der Waals surface area contributed by atoms with Crippen LogP contribution >= 0.6 is 15.9 Å². The van der Waals surface area contributed by atoms with E-state index in [2.05, 4.69) is 15.9 Å². The topological polar surface area (TPSA) is 66.9 Å².